The van der Waals surface area contributed by atoms with Crippen LogP contribution in [0.15, 0.2) is 30.6 Å². The maximum Gasteiger partial charge on any atom is 0.325 e. The van der Waals surface area contributed by atoms with Gasteiger partial charge < -0.3 is 20.3 Å². The molecule has 1 aromatic carbocycles. The van der Waals surface area contributed by atoms with Crippen molar-refractivity contribution in [3.8, 4) is 17.1 Å². The Morgan fingerprint density at radius 2 is 1.97 bits per heavy atom. The molecule has 166 valence electrons. The summed E-state index contributed by atoms with van der Waals surface area (Å²) >= 11 is 0. The molecule has 3 amide bonds. The first-order valence-electron chi connectivity index (χ1n) is 9.85. The number of anilines is 3. The van der Waals surface area contributed by atoms with Crippen LogP contribution in [0.3, 0.4) is 0 Å². The van der Waals surface area contributed by atoms with E-state index in [1.807, 2.05) is 12.1 Å². The molecule has 1 saturated heterocycles. The van der Waals surface area contributed by atoms with Gasteiger partial charge in [0.2, 0.25) is 0 Å². The summed E-state index contributed by atoms with van der Waals surface area (Å²) in [7, 11) is 6.55. The van der Waals surface area contributed by atoms with Crippen LogP contribution >= 0.6 is 0 Å². The quantitative estimate of drug-likeness (QED) is 0.589. The number of rotatable bonds is 6. The van der Waals surface area contributed by atoms with E-state index in [9.17, 15) is 9.59 Å². The highest BCUT2D eigenvalue weighted by molar-refractivity contribution is 6.00. The molecule has 4 rings (SSSR count). The number of methoxy groups -OCH3 is 1. The van der Waals surface area contributed by atoms with Crippen LogP contribution in [0, 0.1) is 0 Å². The standard InChI is InChI=1S/C20H23N9O3/c1-21-19(30)16-14(10-15(24-25-16)29-9-8-27(2)20(29)31)23-13-7-5-6-12(17(13)32-4)18-22-11-28(3)26-18/h5-7,10-11H,8-9H2,1-4H3,(H,21,30)(H,23,24). The zero-order valence-electron chi connectivity index (χ0n) is 18.2. The summed E-state index contributed by atoms with van der Waals surface area (Å²) in [6, 6.07) is 6.91. The average Bonchev–Trinajstić information content (AvgIpc) is 3.38. The second-order valence-electron chi connectivity index (χ2n) is 7.15. The molecule has 1 aliphatic heterocycles. The molecule has 0 unspecified atom stereocenters. The first kappa shape index (κ1) is 21.0. The van der Waals surface area contributed by atoms with E-state index in [-0.39, 0.29) is 11.7 Å². The first-order valence-corrected chi connectivity index (χ1v) is 9.85. The second kappa shape index (κ2) is 8.49. The lowest BCUT2D eigenvalue weighted by Crippen LogP contribution is -2.30. The molecule has 32 heavy (non-hydrogen) atoms. The fourth-order valence-corrected chi connectivity index (χ4v) is 3.39. The smallest absolute Gasteiger partial charge is 0.325 e. The zero-order valence-corrected chi connectivity index (χ0v) is 18.2. The minimum absolute atomic E-state index is 0.0830. The number of amides is 3. The molecule has 12 heteroatoms. The fourth-order valence-electron chi connectivity index (χ4n) is 3.39. The molecule has 0 spiro atoms. The van der Waals surface area contributed by atoms with E-state index in [2.05, 4.69) is 30.9 Å². The highest BCUT2D eigenvalue weighted by Crippen LogP contribution is 2.37. The van der Waals surface area contributed by atoms with E-state index in [1.54, 1.807) is 49.2 Å². The molecule has 2 aromatic heterocycles. The van der Waals surface area contributed by atoms with Crippen LogP contribution in [0.1, 0.15) is 10.5 Å². The van der Waals surface area contributed by atoms with Crippen LogP contribution in [0.5, 0.6) is 5.75 Å². The van der Waals surface area contributed by atoms with Crippen LogP contribution in [0.25, 0.3) is 11.4 Å². The van der Waals surface area contributed by atoms with Crippen LogP contribution in [0.2, 0.25) is 0 Å². The van der Waals surface area contributed by atoms with E-state index in [1.165, 1.54) is 11.9 Å². The number of nitrogens with one attached hydrogen (secondary N) is 2. The van der Waals surface area contributed by atoms with Crippen molar-refractivity contribution < 1.29 is 14.3 Å². The van der Waals surface area contributed by atoms with Crippen molar-refractivity contribution in [3.63, 3.8) is 0 Å². The van der Waals surface area contributed by atoms with Gasteiger partial charge in [-0.25, -0.2) is 9.78 Å². The Bertz CT molecular complexity index is 1180. The van der Waals surface area contributed by atoms with Crippen LogP contribution < -0.4 is 20.3 Å². The molecule has 0 bridgehead atoms. The molecule has 1 fully saturated rings. The number of aromatic nitrogens is 5. The van der Waals surface area contributed by atoms with Crippen molar-refractivity contribution >= 4 is 29.1 Å². The summed E-state index contributed by atoms with van der Waals surface area (Å²) in [6.07, 6.45) is 1.60. The first-order chi connectivity index (χ1) is 15.4. The molecular weight excluding hydrogens is 414 g/mol. The van der Waals surface area contributed by atoms with E-state index in [0.717, 1.165) is 0 Å². The van der Waals surface area contributed by atoms with Crippen molar-refractivity contribution in [2.75, 3.05) is 44.5 Å². The van der Waals surface area contributed by atoms with Gasteiger partial charge in [-0.15, -0.1) is 10.2 Å². The average molecular weight is 437 g/mol. The number of hydrogen-bond donors (Lipinski definition) is 2. The number of para-hydroxylation sites is 1. The largest absolute Gasteiger partial charge is 0.494 e. The third kappa shape index (κ3) is 3.77. The summed E-state index contributed by atoms with van der Waals surface area (Å²) in [5.41, 5.74) is 1.71. The number of aryl methyl sites for hydroxylation is 1. The van der Waals surface area contributed by atoms with Crippen molar-refractivity contribution in [1.29, 1.82) is 0 Å². The topological polar surface area (TPSA) is 130 Å². The molecule has 3 aromatic rings. The molecule has 2 N–H and O–H groups in total. The normalized spacial score (nSPS) is 13.4. The summed E-state index contributed by atoms with van der Waals surface area (Å²) < 4.78 is 7.24. The Hall–Kier alpha value is -4.22. The Kier molecular flexibility index (Phi) is 5.58. The lowest BCUT2D eigenvalue weighted by molar-refractivity contribution is 0.0958. The highest BCUT2D eigenvalue weighted by atomic mass is 16.5. The van der Waals surface area contributed by atoms with E-state index < -0.39 is 5.91 Å². The number of ether oxygens (including phenoxy) is 1. The van der Waals surface area contributed by atoms with Gasteiger partial charge in [0, 0.05) is 40.3 Å². The van der Waals surface area contributed by atoms with Gasteiger partial charge in [-0.3, -0.25) is 14.4 Å². The number of urea groups is 1. The lowest BCUT2D eigenvalue weighted by atomic mass is 10.1. The maximum atomic E-state index is 12.4. The Labute approximate surface area is 184 Å². The molecule has 12 nitrogen and oxygen atoms in total. The summed E-state index contributed by atoms with van der Waals surface area (Å²) in [4.78, 5) is 32.2. The number of hydrogen-bond acceptors (Lipinski definition) is 8. The summed E-state index contributed by atoms with van der Waals surface area (Å²) in [5, 5.41) is 18.3. The second-order valence-corrected chi connectivity index (χ2v) is 7.15. The third-order valence-electron chi connectivity index (χ3n) is 5.05. The van der Waals surface area contributed by atoms with Gasteiger partial charge >= 0.3 is 6.03 Å². The van der Waals surface area contributed by atoms with Gasteiger partial charge in [-0.2, -0.15) is 5.10 Å². The number of carbonyl (C=O) groups is 2. The Balaban J connectivity index is 1.77. The molecule has 1 aliphatic rings. The Morgan fingerprint density at radius 3 is 2.59 bits per heavy atom. The molecule has 0 saturated carbocycles. The van der Waals surface area contributed by atoms with Crippen molar-refractivity contribution in [2.24, 2.45) is 7.05 Å². The van der Waals surface area contributed by atoms with E-state index >= 15 is 0 Å². The molecular formula is C20H23N9O3. The lowest BCUT2D eigenvalue weighted by Gasteiger charge is -2.18. The van der Waals surface area contributed by atoms with Crippen LogP contribution in [-0.4, -0.2) is 76.1 Å². The summed E-state index contributed by atoms with van der Waals surface area (Å²) in [5.74, 6) is 0.921. The maximum absolute atomic E-state index is 12.4. The monoisotopic (exact) mass is 437 g/mol. The van der Waals surface area contributed by atoms with Crippen molar-refractivity contribution in [3.05, 3.63) is 36.3 Å². The zero-order chi connectivity index (χ0) is 22.8. The highest BCUT2D eigenvalue weighted by Gasteiger charge is 2.29. The molecule has 3 heterocycles. The van der Waals surface area contributed by atoms with Gasteiger partial charge in [0.05, 0.1) is 24.0 Å². The van der Waals surface area contributed by atoms with Gasteiger partial charge in [0.15, 0.2) is 23.1 Å². The molecule has 0 atom stereocenters. The number of carbonyl (C=O) groups excluding carboxylic acids is 2. The number of likely N-dealkylation sites (N-methyl/N-ethyl adjacent to an activating group) is 1. The summed E-state index contributed by atoms with van der Waals surface area (Å²) in [6.45, 7) is 1.06. The minimum Gasteiger partial charge on any atom is -0.494 e. The third-order valence-corrected chi connectivity index (χ3v) is 5.05. The van der Waals surface area contributed by atoms with Crippen LogP contribution in [0.4, 0.5) is 22.0 Å². The van der Waals surface area contributed by atoms with E-state index in [4.69, 9.17) is 4.74 Å². The van der Waals surface area contributed by atoms with Gasteiger partial charge in [0.25, 0.3) is 5.91 Å². The van der Waals surface area contributed by atoms with Crippen LogP contribution in [-0.2, 0) is 7.05 Å². The Morgan fingerprint density at radius 1 is 1.16 bits per heavy atom. The molecule has 0 aliphatic carbocycles. The minimum atomic E-state index is -0.419. The van der Waals surface area contributed by atoms with Crippen molar-refractivity contribution in [1.82, 2.24) is 35.2 Å². The predicted molar refractivity (Wildman–Crippen MR) is 117 cm³/mol. The number of benzene rings is 1. The SMILES string of the molecule is CNC(=O)c1nnc(N2CCN(C)C2=O)cc1Nc1cccc(-c2ncn(C)n2)c1OC. The fraction of sp³-hybridized carbons (Fsp3) is 0.300. The van der Waals surface area contributed by atoms with Crippen molar-refractivity contribution in [2.45, 2.75) is 0 Å². The van der Waals surface area contributed by atoms with Gasteiger partial charge in [-0.05, 0) is 12.1 Å². The predicted octanol–water partition coefficient (Wildman–Crippen LogP) is 1.26. The van der Waals surface area contributed by atoms with Gasteiger partial charge in [0.1, 0.15) is 6.33 Å². The van der Waals surface area contributed by atoms with Gasteiger partial charge in [-0.1, -0.05) is 6.07 Å². The number of nitrogens with zero attached hydrogens (tertiary/aromatic N) is 7. The van der Waals surface area contributed by atoms with E-state index in [0.29, 0.717) is 47.4 Å². The molecule has 0 radical (unpaired) electrons.